The number of nitrogens with zero attached hydrogens (tertiary/aromatic N) is 1. The smallest absolute Gasteiger partial charge is 0.353 e. The second kappa shape index (κ2) is 4.89. The van der Waals surface area contributed by atoms with E-state index < -0.39 is 17.7 Å². The number of hydrogen-bond donors (Lipinski definition) is 3. The number of benzene rings is 1. The van der Waals surface area contributed by atoms with Crippen LogP contribution in [-0.4, -0.2) is 27.2 Å². The molecule has 0 aliphatic rings. The summed E-state index contributed by atoms with van der Waals surface area (Å²) in [5.74, 6) is -2.49. The maximum Gasteiger partial charge on any atom is 0.353 e. The lowest BCUT2D eigenvalue weighted by Crippen LogP contribution is -2.14. The summed E-state index contributed by atoms with van der Waals surface area (Å²) < 4.78 is 13.7. The fourth-order valence-electron chi connectivity index (χ4n) is 1.50. The van der Waals surface area contributed by atoms with Crippen LogP contribution in [0.3, 0.4) is 0 Å². The predicted octanol–water partition coefficient (Wildman–Crippen LogP) is 1.81. The monoisotopic (exact) mass is 263 g/mol. The molecule has 0 aliphatic carbocycles. The Morgan fingerprint density at radius 3 is 2.79 bits per heavy atom. The third-order valence-electron chi connectivity index (χ3n) is 2.49. The van der Waals surface area contributed by atoms with Crippen molar-refractivity contribution in [2.24, 2.45) is 0 Å². The van der Waals surface area contributed by atoms with Gasteiger partial charge in [-0.3, -0.25) is 9.89 Å². The van der Waals surface area contributed by atoms with Gasteiger partial charge in [0, 0.05) is 6.07 Å². The van der Waals surface area contributed by atoms with Crippen molar-refractivity contribution in [1.29, 1.82) is 0 Å². The number of anilines is 1. The molecule has 1 heterocycles. The van der Waals surface area contributed by atoms with Crippen molar-refractivity contribution in [2.75, 3.05) is 5.32 Å². The van der Waals surface area contributed by atoms with Crippen LogP contribution in [0.2, 0.25) is 0 Å². The topological polar surface area (TPSA) is 95.1 Å². The number of hydrogen-bond acceptors (Lipinski definition) is 3. The Bertz CT molecular complexity index is 651. The van der Waals surface area contributed by atoms with Crippen molar-refractivity contribution in [3.8, 4) is 0 Å². The van der Waals surface area contributed by atoms with Gasteiger partial charge in [-0.25, -0.2) is 9.18 Å². The molecule has 0 atom stereocenters. The van der Waals surface area contributed by atoms with Gasteiger partial charge in [0.1, 0.15) is 11.5 Å². The second-order valence-electron chi connectivity index (χ2n) is 3.86. The van der Waals surface area contributed by atoms with Crippen LogP contribution in [0.4, 0.5) is 10.2 Å². The van der Waals surface area contributed by atoms with Crippen molar-refractivity contribution in [1.82, 2.24) is 10.2 Å². The highest BCUT2D eigenvalue weighted by molar-refractivity contribution is 6.04. The summed E-state index contributed by atoms with van der Waals surface area (Å²) >= 11 is 0. The molecule has 0 radical (unpaired) electrons. The van der Waals surface area contributed by atoms with Crippen molar-refractivity contribution in [2.45, 2.75) is 6.92 Å². The van der Waals surface area contributed by atoms with Crippen molar-refractivity contribution in [3.05, 3.63) is 46.9 Å². The molecule has 98 valence electrons. The molecule has 0 aliphatic heterocycles. The Morgan fingerprint density at radius 2 is 2.16 bits per heavy atom. The lowest BCUT2D eigenvalue weighted by Gasteiger charge is -2.04. The quantitative estimate of drug-likeness (QED) is 0.787. The minimum Gasteiger partial charge on any atom is -0.477 e. The number of aromatic carboxylic acids is 1. The van der Waals surface area contributed by atoms with Gasteiger partial charge in [0.15, 0.2) is 5.82 Å². The van der Waals surface area contributed by atoms with Gasteiger partial charge in [0.25, 0.3) is 5.91 Å². The van der Waals surface area contributed by atoms with E-state index in [2.05, 4.69) is 15.5 Å². The molecule has 3 N–H and O–H groups in total. The van der Waals surface area contributed by atoms with Gasteiger partial charge in [-0.1, -0.05) is 12.1 Å². The number of aryl methyl sites for hydroxylation is 1. The molecule has 1 amide bonds. The minimum absolute atomic E-state index is 0.0170. The van der Waals surface area contributed by atoms with Crippen molar-refractivity contribution >= 4 is 17.7 Å². The molecule has 2 rings (SSSR count). The molecule has 7 heteroatoms. The molecule has 0 fully saturated rings. The van der Waals surface area contributed by atoms with E-state index in [9.17, 15) is 14.0 Å². The molecule has 0 unspecified atom stereocenters. The number of H-pyrrole nitrogens is 1. The van der Waals surface area contributed by atoms with Gasteiger partial charge in [0.2, 0.25) is 0 Å². The number of amides is 1. The summed E-state index contributed by atoms with van der Waals surface area (Å²) in [5.41, 5.74) is 0.0563. The van der Waals surface area contributed by atoms with Gasteiger partial charge in [-0.15, -0.1) is 0 Å². The fourth-order valence-corrected chi connectivity index (χ4v) is 1.50. The summed E-state index contributed by atoms with van der Waals surface area (Å²) in [4.78, 5) is 22.4. The minimum atomic E-state index is -1.20. The van der Waals surface area contributed by atoms with Crippen LogP contribution in [0.1, 0.15) is 26.4 Å². The number of carbonyl (C=O) groups is 2. The molecule has 1 aromatic carbocycles. The molecule has 0 spiro atoms. The number of nitrogens with one attached hydrogen (secondary N) is 2. The summed E-state index contributed by atoms with van der Waals surface area (Å²) in [6, 6.07) is 5.58. The number of aromatic nitrogens is 2. The van der Waals surface area contributed by atoms with E-state index in [0.717, 1.165) is 6.07 Å². The van der Waals surface area contributed by atoms with E-state index in [1.54, 1.807) is 19.1 Å². The van der Waals surface area contributed by atoms with Gasteiger partial charge < -0.3 is 10.4 Å². The fraction of sp³-hybridized carbons (Fsp3) is 0.0833. The normalized spacial score (nSPS) is 10.2. The van der Waals surface area contributed by atoms with Crippen molar-refractivity contribution < 1.29 is 19.1 Å². The summed E-state index contributed by atoms with van der Waals surface area (Å²) in [5, 5.41) is 16.8. The Hall–Kier alpha value is -2.70. The Morgan fingerprint density at radius 1 is 1.42 bits per heavy atom. The van der Waals surface area contributed by atoms with E-state index >= 15 is 0 Å². The van der Waals surface area contributed by atoms with Crippen LogP contribution < -0.4 is 5.32 Å². The molecule has 2 aromatic rings. The lowest BCUT2D eigenvalue weighted by molar-refractivity contribution is 0.0690. The van der Waals surface area contributed by atoms with Crippen LogP contribution >= 0.6 is 0 Å². The third kappa shape index (κ3) is 2.59. The van der Waals surface area contributed by atoms with Gasteiger partial charge in [-0.05, 0) is 18.6 Å². The Balaban J connectivity index is 2.21. The average Bonchev–Trinajstić information content (AvgIpc) is 2.81. The first-order valence-electron chi connectivity index (χ1n) is 5.34. The predicted molar refractivity (Wildman–Crippen MR) is 64.6 cm³/mol. The van der Waals surface area contributed by atoms with Crippen LogP contribution in [0.25, 0.3) is 0 Å². The molecule has 0 saturated heterocycles. The van der Waals surface area contributed by atoms with Crippen LogP contribution in [0.5, 0.6) is 0 Å². The number of carboxylic acids is 1. The molecule has 1 aromatic heterocycles. The zero-order chi connectivity index (χ0) is 14.0. The van der Waals surface area contributed by atoms with Crippen molar-refractivity contribution in [3.63, 3.8) is 0 Å². The second-order valence-corrected chi connectivity index (χ2v) is 3.86. The largest absolute Gasteiger partial charge is 0.477 e. The highest BCUT2D eigenvalue weighted by Gasteiger charge is 2.15. The summed E-state index contributed by atoms with van der Waals surface area (Å²) in [6.45, 7) is 1.54. The number of rotatable bonds is 3. The highest BCUT2D eigenvalue weighted by Crippen LogP contribution is 2.14. The SMILES string of the molecule is Cc1cccc(C(=O)Nc2cc(C(=O)O)[nH]n2)c1F. The summed E-state index contributed by atoms with van der Waals surface area (Å²) in [6.07, 6.45) is 0. The standard InChI is InChI=1S/C12H10FN3O3/c1-6-3-2-4-7(10(6)13)11(17)14-9-5-8(12(18)19)15-16-9/h2-5H,1H3,(H,18,19)(H2,14,15,16,17). The van der Waals surface area contributed by atoms with Gasteiger partial charge >= 0.3 is 5.97 Å². The first-order chi connectivity index (χ1) is 8.99. The van der Waals surface area contributed by atoms with Gasteiger partial charge in [0.05, 0.1) is 5.56 Å². The zero-order valence-corrected chi connectivity index (χ0v) is 9.90. The maximum atomic E-state index is 13.7. The van der Waals surface area contributed by atoms with Gasteiger partial charge in [-0.2, -0.15) is 5.10 Å². The van der Waals surface area contributed by atoms with Crippen LogP contribution in [0, 0.1) is 12.7 Å². The number of carbonyl (C=O) groups excluding carboxylic acids is 1. The Labute approximate surface area is 107 Å². The molecular formula is C12H10FN3O3. The van der Waals surface area contributed by atoms with E-state index in [0.29, 0.717) is 5.56 Å². The summed E-state index contributed by atoms with van der Waals surface area (Å²) in [7, 11) is 0. The molecular weight excluding hydrogens is 253 g/mol. The first-order valence-corrected chi connectivity index (χ1v) is 5.34. The number of halogens is 1. The highest BCUT2D eigenvalue weighted by atomic mass is 19.1. The van der Waals surface area contributed by atoms with E-state index in [4.69, 9.17) is 5.11 Å². The van der Waals surface area contributed by atoms with Crippen LogP contribution in [-0.2, 0) is 0 Å². The van der Waals surface area contributed by atoms with E-state index in [-0.39, 0.29) is 17.1 Å². The Kier molecular flexibility index (Phi) is 3.28. The zero-order valence-electron chi connectivity index (χ0n) is 9.90. The first kappa shape index (κ1) is 12.7. The number of carboxylic acid groups (broad SMARTS) is 1. The molecule has 19 heavy (non-hydrogen) atoms. The lowest BCUT2D eigenvalue weighted by atomic mass is 10.1. The number of aromatic amines is 1. The molecule has 0 saturated carbocycles. The maximum absolute atomic E-state index is 13.7. The van der Waals surface area contributed by atoms with Crippen LogP contribution in [0.15, 0.2) is 24.3 Å². The molecule has 6 nitrogen and oxygen atoms in total. The third-order valence-corrected chi connectivity index (χ3v) is 2.49. The molecule has 0 bridgehead atoms. The van der Waals surface area contributed by atoms with E-state index in [1.807, 2.05) is 0 Å². The average molecular weight is 263 g/mol. The van der Waals surface area contributed by atoms with E-state index in [1.165, 1.54) is 6.07 Å².